The highest BCUT2D eigenvalue weighted by atomic mass is 35.5. The monoisotopic (exact) mass is 449 g/mol. The minimum Gasteiger partial charge on any atom is -0.338 e. The lowest BCUT2D eigenvalue weighted by Gasteiger charge is -2.41. The molecule has 1 saturated heterocycles. The molecule has 0 spiro atoms. The third-order valence-corrected chi connectivity index (χ3v) is 7.21. The predicted octanol–water partition coefficient (Wildman–Crippen LogP) is 3.13. The molecule has 2 aliphatic heterocycles. The summed E-state index contributed by atoms with van der Waals surface area (Å²) in [7, 11) is 0. The molecule has 2 atom stereocenters. The molecule has 1 aromatic carbocycles. The molecule has 4 rings (SSSR count). The van der Waals surface area contributed by atoms with Crippen molar-refractivity contribution >= 4 is 34.8 Å². The first kappa shape index (κ1) is 21.3. The molecule has 1 fully saturated rings. The second-order valence-electron chi connectivity index (χ2n) is 7.89. The van der Waals surface area contributed by atoms with Crippen molar-refractivity contribution in [2.75, 3.05) is 38.6 Å². The molecule has 2 amide bonds. The number of halogens is 2. The van der Waals surface area contributed by atoms with Gasteiger partial charge in [0.05, 0.1) is 12.6 Å². The first-order chi connectivity index (χ1) is 14.5. The van der Waals surface area contributed by atoms with Gasteiger partial charge >= 0.3 is 0 Å². The molecule has 0 bridgehead atoms. The van der Waals surface area contributed by atoms with Crippen LogP contribution in [0.15, 0.2) is 35.7 Å². The maximum Gasteiger partial charge on any atom is 0.237 e. The molecule has 0 aliphatic carbocycles. The minimum absolute atomic E-state index is 0.0373. The second-order valence-corrected chi connectivity index (χ2v) is 9.15. The van der Waals surface area contributed by atoms with Gasteiger partial charge in [0, 0.05) is 37.1 Å². The maximum absolute atomic E-state index is 13.9. The van der Waals surface area contributed by atoms with E-state index >= 15 is 0 Å². The lowest BCUT2D eigenvalue weighted by Crippen LogP contribution is -2.57. The average Bonchev–Trinajstić information content (AvgIpc) is 3.21. The molecule has 3 heterocycles. The van der Waals surface area contributed by atoms with Gasteiger partial charge in [0.1, 0.15) is 11.7 Å². The lowest BCUT2D eigenvalue weighted by molar-refractivity contribution is -0.142. The van der Waals surface area contributed by atoms with Crippen molar-refractivity contribution in [3.05, 3.63) is 57.5 Å². The normalized spacial score (nSPS) is 22.1. The fourth-order valence-corrected chi connectivity index (χ4v) is 5.57. The first-order valence-corrected chi connectivity index (χ1v) is 11.6. The van der Waals surface area contributed by atoms with E-state index in [1.165, 1.54) is 10.9 Å². The number of benzene rings is 1. The zero-order valence-electron chi connectivity index (χ0n) is 16.9. The Morgan fingerprint density at radius 3 is 2.77 bits per heavy atom. The SMILES string of the molecule is C[C@H]1CN(C(=O)CN2CCc3sccc3[C@H]2c2cccc(F)c2)CCN1C(=O)CCl. The van der Waals surface area contributed by atoms with Crippen molar-refractivity contribution in [3.8, 4) is 0 Å². The van der Waals surface area contributed by atoms with E-state index in [0.29, 0.717) is 19.6 Å². The Morgan fingerprint density at radius 1 is 1.20 bits per heavy atom. The van der Waals surface area contributed by atoms with Gasteiger partial charge in [0.15, 0.2) is 0 Å². The van der Waals surface area contributed by atoms with Crippen molar-refractivity contribution in [2.45, 2.75) is 25.4 Å². The Morgan fingerprint density at radius 2 is 2.03 bits per heavy atom. The van der Waals surface area contributed by atoms with E-state index in [0.717, 1.165) is 24.1 Å². The Hall–Kier alpha value is -1.96. The lowest BCUT2D eigenvalue weighted by atomic mass is 9.93. The fraction of sp³-hybridized carbons (Fsp3) is 0.455. The van der Waals surface area contributed by atoms with Gasteiger partial charge in [-0.1, -0.05) is 12.1 Å². The number of carbonyl (C=O) groups is 2. The van der Waals surface area contributed by atoms with Gasteiger partial charge in [-0.25, -0.2) is 4.39 Å². The summed E-state index contributed by atoms with van der Waals surface area (Å²) in [4.78, 5) is 32.1. The predicted molar refractivity (Wildman–Crippen MR) is 116 cm³/mol. The van der Waals surface area contributed by atoms with Crippen molar-refractivity contribution in [2.24, 2.45) is 0 Å². The molecule has 30 heavy (non-hydrogen) atoms. The Kier molecular flexibility index (Phi) is 6.41. The summed E-state index contributed by atoms with van der Waals surface area (Å²) in [6.07, 6.45) is 0.889. The van der Waals surface area contributed by atoms with Gasteiger partial charge in [-0.05, 0) is 48.1 Å². The number of hydrogen-bond acceptors (Lipinski definition) is 4. The second kappa shape index (κ2) is 9.04. The molecule has 0 radical (unpaired) electrons. The smallest absolute Gasteiger partial charge is 0.237 e. The van der Waals surface area contributed by atoms with Crippen LogP contribution < -0.4 is 0 Å². The van der Waals surface area contributed by atoms with Crippen LogP contribution in [0.4, 0.5) is 4.39 Å². The van der Waals surface area contributed by atoms with Crippen LogP contribution in [-0.2, 0) is 16.0 Å². The number of nitrogens with zero attached hydrogens (tertiary/aromatic N) is 3. The number of rotatable bonds is 4. The zero-order chi connectivity index (χ0) is 21.3. The van der Waals surface area contributed by atoms with Gasteiger partial charge in [-0.3, -0.25) is 14.5 Å². The third-order valence-electron chi connectivity index (χ3n) is 5.98. The third kappa shape index (κ3) is 4.24. The summed E-state index contributed by atoms with van der Waals surface area (Å²) < 4.78 is 13.9. The van der Waals surface area contributed by atoms with E-state index < -0.39 is 0 Å². The van der Waals surface area contributed by atoms with Crippen LogP contribution >= 0.6 is 22.9 Å². The largest absolute Gasteiger partial charge is 0.338 e. The van der Waals surface area contributed by atoms with Crippen LogP contribution in [0.1, 0.15) is 29.0 Å². The van der Waals surface area contributed by atoms with Crippen LogP contribution in [0.25, 0.3) is 0 Å². The Bertz CT molecular complexity index is 937. The summed E-state index contributed by atoms with van der Waals surface area (Å²) >= 11 is 7.41. The quantitative estimate of drug-likeness (QED) is 0.673. The van der Waals surface area contributed by atoms with E-state index in [4.69, 9.17) is 11.6 Å². The van der Waals surface area contributed by atoms with Gasteiger partial charge in [0.25, 0.3) is 0 Å². The van der Waals surface area contributed by atoms with Crippen LogP contribution in [0.3, 0.4) is 0 Å². The standard InChI is InChI=1S/C22H25ClFN3O2S/c1-15-13-25(8-9-27(15)20(28)12-23)21(29)14-26-7-5-19-18(6-10-30-19)22(26)16-3-2-4-17(24)11-16/h2-4,6,10-11,15,22H,5,7-9,12-14H2,1H3/t15-,22+/m0/s1. The molecule has 0 unspecified atom stereocenters. The Balaban J connectivity index is 1.50. The van der Waals surface area contributed by atoms with Gasteiger partial charge in [-0.15, -0.1) is 22.9 Å². The molecular formula is C22H25ClFN3O2S. The fourth-order valence-electron chi connectivity index (χ4n) is 4.51. The summed E-state index contributed by atoms with van der Waals surface area (Å²) in [6.45, 7) is 4.48. The molecular weight excluding hydrogens is 425 g/mol. The molecule has 5 nitrogen and oxygen atoms in total. The highest BCUT2D eigenvalue weighted by molar-refractivity contribution is 7.10. The average molecular weight is 450 g/mol. The van der Waals surface area contributed by atoms with Crippen LogP contribution in [0.2, 0.25) is 0 Å². The summed E-state index contributed by atoms with van der Waals surface area (Å²) in [5, 5.41) is 2.07. The molecule has 0 saturated carbocycles. The van der Waals surface area contributed by atoms with E-state index in [-0.39, 0.29) is 42.1 Å². The first-order valence-electron chi connectivity index (χ1n) is 10.2. The van der Waals surface area contributed by atoms with Gasteiger partial charge in [0.2, 0.25) is 11.8 Å². The van der Waals surface area contributed by atoms with E-state index in [1.54, 1.807) is 28.4 Å². The van der Waals surface area contributed by atoms with E-state index in [1.807, 2.05) is 17.9 Å². The van der Waals surface area contributed by atoms with E-state index in [9.17, 15) is 14.0 Å². The number of carbonyl (C=O) groups excluding carboxylic acids is 2. The molecule has 0 N–H and O–H groups in total. The highest BCUT2D eigenvalue weighted by Crippen LogP contribution is 2.37. The van der Waals surface area contributed by atoms with Gasteiger partial charge in [-0.2, -0.15) is 0 Å². The number of amides is 2. The molecule has 8 heteroatoms. The molecule has 2 aliphatic rings. The summed E-state index contributed by atoms with van der Waals surface area (Å²) in [5.41, 5.74) is 2.03. The van der Waals surface area contributed by atoms with Gasteiger partial charge < -0.3 is 9.80 Å². The number of thiophene rings is 1. The van der Waals surface area contributed by atoms with E-state index in [2.05, 4.69) is 16.3 Å². The summed E-state index contributed by atoms with van der Waals surface area (Å²) in [5.74, 6) is -0.358. The molecule has 160 valence electrons. The maximum atomic E-state index is 13.9. The number of hydrogen-bond donors (Lipinski definition) is 0. The number of piperazine rings is 1. The van der Waals surface area contributed by atoms with Crippen LogP contribution in [-0.4, -0.2) is 71.2 Å². The Labute approximate surface area is 185 Å². The topological polar surface area (TPSA) is 43.9 Å². The van der Waals surface area contributed by atoms with Crippen molar-refractivity contribution in [1.82, 2.24) is 14.7 Å². The van der Waals surface area contributed by atoms with Crippen LogP contribution in [0.5, 0.6) is 0 Å². The summed E-state index contributed by atoms with van der Waals surface area (Å²) in [6, 6.07) is 8.56. The number of fused-ring (bicyclic) bond motifs is 1. The zero-order valence-corrected chi connectivity index (χ0v) is 18.5. The molecule has 1 aromatic heterocycles. The number of alkyl halides is 1. The van der Waals surface area contributed by atoms with Crippen LogP contribution in [0, 0.1) is 5.82 Å². The van der Waals surface area contributed by atoms with Crippen molar-refractivity contribution in [1.29, 1.82) is 0 Å². The molecule has 2 aromatic rings. The highest BCUT2D eigenvalue weighted by Gasteiger charge is 2.34. The minimum atomic E-state index is -0.268. The van der Waals surface area contributed by atoms with Crippen molar-refractivity contribution in [3.63, 3.8) is 0 Å². The van der Waals surface area contributed by atoms with Crippen molar-refractivity contribution < 1.29 is 14.0 Å².